The summed E-state index contributed by atoms with van der Waals surface area (Å²) >= 11 is 0. The van der Waals surface area contributed by atoms with Gasteiger partial charge in [-0.1, -0.05) is 26.2 Å². The van der Waals surface area contributed by atoms with Gasteiger partial charge in [0.1, 0.15) is 0 Å². The minimum Gasteiger partial charge on any atom is -0.385 e. The summed E-state index contributed by atoms with van der Waals surface area (Å²) in [5.74, 6) is 0.878. The van der Waals surface area contributed by atoms with Gasteiger partial charge in [-0.15, -0.1) is 0 Å². The highest BCUT2D eigenvalue weighted by molar-refractivity contribution is 5.79. The zero-order valence-electron chi connectivity index (χ0n) is 14.7. The maximum absolute atomic E-state index is 5.56. The molecule has 0 aliphatic heterocycles. The number of hydrogen-bond donors (Lipinski definition) is 2. The third-order valence-corrected chi connectivity index (χ3v) is 4.54. The van der Waals surface area contributed by atoms with Crippen LogP contribution in [0.25, 0.3) is 0 Å². The lowest BCUT2D eigenvalue weighted by molar-refractivity contribution is 0.134. The predicted molar refractivity (Wildman–Crippen MR) is 92.5 cm³/mol. The molecule has 22 heavy (non-hydrogen) atoms. The first-order chi connectivity index (χ1) is 10.8. The number of nitrogens with zero attached hydrogens (tertiary/aromatic N) is 1. The van der Waals surface area contributed by atoms with E-state index < -0.39 is 0 Å². The Kier molecular flexibility index (Phi) is 10.2. The smallest absolute Gasteiger partial charge is 0.191 e. The van der Waals surface area contributed by atoms with Gasteiger partial charge in [0.25, 0.3) is 0 Å². The molecule has 0 aromatic heterocycles. The molecule has 1 aliphatic carbocycles. The van der Waals surface area contributed by atoms with Crippen molar-refractivity contribution in [3.05, 3.63) is 0 Å². The minimum atomic E-state index is 0.380. The Balaban J connectivity index is 2.24. The van der Waals surface area contributed by atoms with E-state index in [1.165, 1.54) is 32.1 Å². The van der Waals surface area contributed by atoms with Gasteiger partial charge in [-0.05, 0) is 31.1 Å². The number of aliphatic imine (C=N–C) groups is 1. The van der Waals surface area contributed by atoms with Crippen LogP contribution in [-0.4, -0.2) is 53.0 Å². The molecule has 0 atom stereocenters. The molecule has 1 fully saturated rings. The third-order valence-electron chi connectivity index (χ3n) is 4.54. The van der Waals surface area contributed by atoms with Crippen LogP contribution in [0.1, 0.15) is 51.9 Å². The van der Waals surface area contributed by atoms with Gasteiger partial charge >= 0.3 is 0 Å². The Bertz CT molecular complexity index is 302. The van der Waals surface area contributed by atoms with Crippen molar-refractivity contribution in [1.82, 2.24) is 10.6 Å². The molecule has 0 amide bonds. The molecular weight excluding hydrogens is 278 g/mol. The lowest BCUT2D eigenvalue weighted by Gasteiger charge is -2.29. The van der Waals surface area contributed by atoms with Gasteiger partial charge in [0.05, 0.1) is 6.61 Å². The quantitative estimate of drug-likeness (QED) is 0.350. The van der Waals surface area contributed by atoms with Crippen LogP contribution in [0, 0.1) is 5.41 Å². The van der Waals surface area contributed by atoms with Gasteiger partial charge in [-0.3, -0.25) is 4.99 Å². The molecule has 5 nitrogen and oxygen atoms in total. The normalized spacial score (nSPS) is 17.7. The highest BCUT2D eigenvalue weighted by Crippen LogP contribution is 2.40. The van der Waals surface area contributed by atoms with Crippen molar-refractivity contribution in [2.75, 3.05) is 47.1 Å². The van der Waals surface area contributed by atoms with Crippen molar-refractivity contribution in [3.8, 4) is 0 Å². The van der Waals surface area contributed by atoms with Crippen molar-refractivity contribution in [3.63, 3.8) is 0 Å². The summed E-state index contributed by atoms with van der Waals surface area (Å²) < 4.78 is 10.8. The van der Waals surface area contributed by atoms with E-state index in [9.17, 15) is 0 Å². The highest BCUT2D eigenvalue weighted by Gasteiger charge is 2.33. The third kappa shape index (κ3) is 7.45. The van der Waals surface area contributed by atoms with E-state index in [1.807, 2.05) is 7.05 Å². The molecule has 0 radical (unpaired) electrons. The van der Waals surface area contributed by atoms with E-state index in [2.05, 4.69) is 22.5 Å². The monoisotopic (exact) mass is 313 g/mol. The zero-order chi connectivity index (χ0) is 16.1. The van der Waals surface area contributed by atoms with E-state index in [0.717, 1.165) is 51.7 Å². The number of ether oxygens (including phenoxy) is 2. The lowest BCUT2D eigenvalue weighted by atomic mass is 9.83. The van der Waals surface area contributed by atoms with Crippen LogP contribution < -0.4 is 10.6 Å². The van der Waals surface area contributed by atoms with E-state index in [-0.39, 0.29) is 0 Å². The topological polar surface area (TPSA) is 54.9 Å². The minimum absolute atomic E-state index is 0.380. The van der Waals surface area contributed by atoms with E-state index in [0.29, 0.717) is 5.41 Å². The van der Waals surface area contributed by atoms with Gasteiger partial charge in [0.15, 0.2) is 5.96 Å². The van der Waals surface area contributed by atoms with E-state index in [1.54, 1.807) is 7.11 Å². The maximum Gasteiger partial charge on any atom is 0.191 e. The molecular formula is C17H35N3O2. The second-order valence-electron chi connectivity index (χ2n) is 6.27. The molecule has 0 saturated heterocycles. The van der Waals surface area contributed by atoms with Crippen molar-refractivity contribution >= 4 is 5.96 Å². The number of nitrogens with one attached hydrogen (secondary N) is 2. The standard InChI is InChI=1S/C17H35N3O2/c1-4-5-12-22-14-11-19-16(18-2)20-15-17(10-13-21-3)8-6-7-9-17/h4-15H2,1-3H3,(H2,18,19,20). The summed E-state index contributed by atoms with van der Waals surface area (Å²) in [7, 11) is 3.61. The van der Waals surface area contributed by atoms with Crippen LogP contribution in [-0.2, 0) is 9.47 Å². The Labute approximate surface area is 136 Å². The summed E-state index contributed by atoms with van der Waals surface area (Å²) in [6.45, 7) is 6.38. The lowest BCUT2D eigenvalue weighted by Crippen LogP contribution is -2.44. The Hall–Kier alpha value is -0.810. The van der Waals surface area contributed by atoms with Crippen LogP contribution in [0.3, 0.4) is 0 Å². The zero-order valence-corrected chi connectivity index (χ0v) is 14.7. The Morgan fingerprint density at radius 2 is 1.91 bits per heavy atom. The Morgan fingerprint density at radius 1 is 1.14 bits per heavy atom. The summed E-state index contributed by atoms with van der Waals surface area (Å²) in [4.78, 5) is 4.30. The van der Waals surface area contributed by atoms with Crippen molar-refractivity contribution in [1.29, 1.82) is 0 Å². The number of guanidine groups is 1. The van der Waals surface area contributed by atoms with Gasteiger partial charge in [0, 0.05) is 40.5 Å². The predicted octanol–water partition coefficient (Wildman–Crippen LogP) is 2.57. The summed E-state index contributed by atoms with van der Waals surface area (Å²) in [5, 5.41) is 6.82. The number of methoxy groups -OCH3 is 1. The molecule has 130 valence electrons. The number of hydrogen-bond acceptors (Lipinski definition) is 3. The molecule has 0 aromatic carbocycles. The highest BCUT2D eigenvalue weighted by atomic mass is 16.5. The van der Waals surface area contributed by atoms with Crippen LogP contribution in [0.15, 0.2) is 4.99 Å². The molecule has 0 unspecified atom stereocenters. The first kappa shape index (κ1) is 19.2. The van der Waals surface area contributed by atoms with Gasteiger partial charge in [-0.25, -0.2) is 0 Å². The van der Waals surface area contributed by atoms with Crippen LogP contribution in [0.4, 0.5) is 0 Å². The largest absolute Gasteiger partial charge is 0.385 e. The summed E-state index contributed by atoms with van der Waals surface area (Å²) in [5.41, 5.74) is 0.380. The van der Waals surface area contributed by atoms with Gasteiger partial charge in [-0.2, -0.15) is 0 Å². The molecule has 1 aliphatic rings. The van der Waals surface area contributed by atoms with E-state index >= 15 is 0 Å². The van der Waals surface area contributed by atoms with Crippen LogP contribution >= 0.6 is 0 Å². The maximum atomic E-state index is 5.56. The molecule has 1 rings (SSSR count). The fourth-order valence-electron chi connectivity index (χ4n) is 3.04. The molecule has 0 aromatic rings. The molecule has 0 heterocycles. The van der Waals surface area contributed by atoms with Crippen molar-refractivity contribution < 1.29 is 9.47 Å². The van der Waals surface area contributed by atoms with Gasteiger partial charge in [0.2, 0.25) is 0 Å². The first-order valence-electron chi connectivity index (χ1n) is 8.77. The van der Waals surface area contributed by atoms with E-state index in [4.69, 9.17) is 9.47 Å². The summed E-state index contributed by atoms with van der Waals surface area (Å²) in [6, 6.07) is 0. The average molecular weight is 313 g/mol. The average Bonchev–Trinajstić information content (AvgIpc) is 3.01. The Morgan fingerprint density at radius 3 is 2.55 bits per heavy atom. The fourth-order valence-corrected chi connectivity index (χ4v) is 3.04. The molecule has 5 heteroatoms. The second-order valence-corrected chi connectivity index (χ2v) is 6.27. The van der Waals surface area contributed by atoms with Crippen molar-refractivity contribution in [2.45, 2.75) is 51.9 Å². The first-order valence-corrected chi connectivity index (χ1v) is 8.77. The number of rotatable bonds is 11. The van der Waals surface area contributed by atoms with Gasteiger partial charge < -0.3 is 20.1 Å². The molecule has 1 saturated carbocycles. The van der Waals surface area contributed by atoms with Crippen molar-refractivity contribution in [2.24, 2.45) is 10.4 Å². The SMILES string of the molecule is CCCCOCCNC(=NC)NCC1(CCOC)CCCC1. The second kappa shape index (κ2) is 11.7. The molecule has 2 N–H and O–H groups in total. The summed E-state index contributed by atoms with van der Waals surface area (Å²) in [6.07, 6.45) is 8.70. The fraction of sp³-hybridized carbons (Fsp3) is 0.941. The molecule has 0 spiro atoms. The van der Waals surface area contributed by atoms with Crippen LogP contribution in [0.5, 0.6) is 0 Å². The number of unbranched alkanes of at least 4 members (excludes halogenated alkanes) is 1. The van der Waals surface area contributed by atoms with Crippen LogP contribution in [0.2, 0.25) is 0 Å². The molecule has 0 bridgehead atoms.